The molecule has 0 aliphatic carbocycles. The van der Waals surface area contributed by atoms with E-state index in [1.807, 2.05) is 54.6 Å². The van der Waals surface area contributed by atoms with Gasteiger partial charge in [-0.25, -0.2) is 4.79 Å². The Kier molecular flexibility index (Phi) is 6.17. The minimum Gasteiger partial charge on any atom is -0.497 e. The Labute approximate surface area is 135 Å². The third kappa shape index (κ3) is 5.47. The molecule has 23 heavy (non-hydrogen) atoms. The van der Waals surface area contributed by atoms with Crippen LogP contribution in [0.2, 0.25) is 0 Å². The smallest absolute Gasteiger partial charge is 0.408 e. The van der Waals surface area contributed by atoms with Crippen LogP contribution in [-0.4, -0.2) is 25.5 Å². The number of hydrogen-bond donors (Lipinski definition) is 1. The highest BCUT2D eigenvalue weighted by Gasteiger charge is 2.13. The highest BCUT2D eigenvalue weighted by Crippen LogP contribution is 2.12. The number of benzene rings is 2. The van der Waals surface area contributed by atoms with Crippen LogP contribution < -0.4 is 10.1 Å². The summed E-state index contributed by atoms with van der Waals surface area (Å²) in [5.41, 5.74) is 1.81. The summed E-state index contributed by atoms with van der Waals surface area (Å²) in [6.45, 7) is 0.167. The summed E-state index contributed by atoms with van der Waals surface area (Å²) in [4.78, 5) is 22.9. The lowest BCUT2D eigenvalue weighted by atomic mass is 10.1. The number of aldehydes is 1. The number of rotatable bonds is 7. The predicted molar refractivity (Wildman–Crippen MR) is 86.3 cm³/mol. The zero-order valence-corrected chi connectivity index (χ0v) is 12.9. The molecule has 1 atom stereocenters. The van der Waals surface area contributed by atoms with Gasteiger partial charge in [0.05, 0.1) is 13.2 Å². The summed E-state index contributed by atoms with van der Waals surface area (Å²) in [7, 11) is 1.59. The van der Waals surface area contributed by atoms with E-state index in [-0.39, 0.29) is 6.61 Å². The molecule has 0 aliphatic rings. The summed E-state index contributed by atoms with van der Waals surface area (Å²) >= 11 is 0. The highest BCUT2D eigenvalue weighted by atomic mass is 16.5. The molecular weight excluding hydrogens is 294 g/mol. The summed E-state index contributed by atoms with van der Waals surface area (Å²) in [6.07, 6.45) is 0.488. The average molecular weight is 313 g/mol. The molecule has 0 spiro atoms. The first kappa shape index (κ1) is 16.5. The van der Waals surface area contributed by atoms with E-state index >= 15 is 0 Å². The Bertz CT molecular complexity index is 625. The van der Waals surface area contributed by atoms with Crippen molar-refractivity contribution in [2.24, 2.45) is 0 Å². The van der Waals surface area contributed by atoms with Gasteiger partial charge in [-0.05, 0) is 29.7 Å². The molecule has 0 fully saturated rings. The van der Waals surface area contributed by atoms with Gasteiger partial charge in [0, 0.05) is 0 Å². The van der Waals surface area contributed by atoms with Crippen LogP contribution in [0.1, 0.15) is 11.1 Å². The lowest BCUT2D eigenvalue weighted by Gasteiger charge is -2.13. The Morgan fingerprint density at radius 1 is 1.09 bits per heavy atom. The largest absolute Gasteiger partial charge is 0.497 e. The van der Waals surface area contributed by atoms with Gasteiger partial charge in [0.1, 0.15) is 18.6 Å². The number of nitrogens with one attached hydrogen (secondary N) is 1. The maximum atomic E-state index is 11.8. The molecule has 1 unspecified atom stereocenters. The van der Waals surface area contributed by atoms with Gasteiger partial charge < -0.3 is 19.6 Å². The van der Waals surface area contributed by atoms with Gasteiger partial charge in [0.15, 0.2) is 0 Å². The van der Waals surface area contributed by atoms with Crippen LogP contribution >= 0.6 is 0 Å². The molecule has 0 saturated carbocycles. The Hall–Kier alpha value is -2.82. The van der Waals surface area contributed by atoms with E-state index in [4.69, 9.17) is 9.47 Å². The first-order valence-corrected chi connectivity index (χ1v) is 7.26. The van der Waals surface area contributed by atoms with E-state index in [0.717, 1.165) is 16.9 Å². The van der Waals surface area contributed by atoms with Crippen LogP contribution in [0.5, 0.6) is 5.75 Å². The van der Waals surface area contributed by atoms with Crippen molar-refractivity contribution in [3.63, 3.8) is 0 Å². The quantitative estimate of drug-likeness (QED) is 0.798. The first-order chi connectivity index (χ1) is 11.2. The topological polar surface area (TPSA) is 64.6 Å². The maximum Gasteiger partial charge on any atom is 0.408 e. The fraction of sp³-hybridized carbons (Fsp3) is 0.222. The maximum absolute atomic E-state index is 11.8. The minimum atomic E-state index is -0.633. The normalized spacial score (nSPS) is 11.3. The standard InChI is InChI=1S/C18H19NO4/c1-22-17-9-7-14(8-10-17)11-16(12-20)19-18(21)23-13-15-5-3-2-4-6-15/h2-10,12,16H,11,13H2,1H3,(H,19,21). The van der Waals surface area contributed by atoms with Crippen LogP contribution in [0.15, 0.2) is 54.6 Å². The number of amides is 1. The van der Waals surface area contributed by atoms with Crippen LogP contribution in [0.3, 0.4) is 0 Å². The minimum absolute atomic E-state index is 0.167. The highest BCUT2D eigenvalue weighted by molar-refractivity contribution is 5.73. The molecule has 0 bridgehead atoms. The molecule has 0 aromatic heterocycles. The molecule has 5 heteroatoms. The van der Waals surface area contributed by atoms with Crippen molar-refractivity contribution in [3.05, 3.63) is 65.7 Å². The van der Waals surface area contributed by atoms with Crippen LogP contribution in [0, 0.1) is 0 Å². The number of carbonyl (C=O) groups is 2. The van der Waals surface area contributed by atoms with Crippen molar-refractivity contribution in [1.29, 1.82) is 0 Å². The van der Waals surface area contributed by atoms with Gasteiger partial charge >= 0.3 is 6.09 Å². The SMILES string of the molecule is COc1ccc(CC(C=O)NC(=O)OCc2ccccc2)cc1. The lowest BCUT2D eigenvalue weighted by Crippen LogP contribution is -2.37. The van der Waals surface area contributed by atoms with Crippen molar-refractivity contribution in [2.75, 3.05) is 7.11 Å². The van der Waals surface area contributed by atoms with Crippen LogP contribution in [0.25, 0.3) is 0 Å². The zero-order valence-electron chi connectivity index (χ0n) is 12.9. The molecule has 2 aromatic rings. The number of ether oxygens (including phenoxy) is 2. The second-order valence-electron chi connectivity index (χ2n) is 5.00. The van der Waals surface area contributed by atoms with E-state index < -0.39 is 12.1 Å². The van der Waals surface area contributed by atoms with Gasteiger partial charge in [-0.1, -0.05) is 42.5 Å². The number of methoxy groups -OCH3 is 1. The van der Waals surface area contributed by atoms with E-state index in [2.05, 4.69) is 5.32 Å². The van der Waals surface area contributed by atoms with Gasteiger partial charge in [0.25, 0.3) is 0 Å². The Balaban J connectivity index is 1.83. The van der Waals surface area contributed by atoms with E-state index in [1.165, 1.54) is 0 Å². The first-order valence-electron chi connectivity index (χ1n) is 7.26. The molecule has 1 amide bonds. The summed E-state index contributed by atoms with van der Waals surface area (Å²) in [6, 6.07) is 16.0. The molecular formula is C18H19NO4. The molecule has 0 aliphatic heterocycles. The van der Waals surface area contributed by atoms with Crippen molar-refractivity contribution in [3.8, 4) is 5.75 Å². The molecule has 120 valence electrons. The van der Waals surface area contributed by atoms with Crippen LogP contribution in [0.4, 0.5) is 4.79 Å². The second kappa shape index (κ2) is 8.58. The van der Waals surface area contributed by atoms with Gasteiger partial charge in [-0.3, -0.25) is 0 Å². The molecule has 2 aromatic carbocycles. The summed E-state index contributed by atoms with van der Waals surface area (Å²) < 4.78 is 10.2. The fourth-order valence-corrected chi connectivity index (χ4v) is 2.06. The monoisotopic (exact) mass is 313 g/mol. The fourth-order valence-electron chi connectivity index (χ4n) is 2.06. The van der Waals surface area contributed by atoms with Crippen molar-refractivity contribution in [1.82, 2.24) is 5.32 Å². The molecule has 2 rings (SSSR count). The van der Waals surface area contributed by atoms with E-state index in [1.54, 1.807) is 7.11 Å². The zero-order chi connectivity index (χ0) is 16.5. The molecule has 0 radical (unpaired) electrons. The second-order valence-corrected chi connectivity index (χ2v) is 5.00. The Morgan fingerprint density at radius 3 is 2.39 bits per heavy atom. The molecule has 0 saturated heterocycles. The number of carbonyl (C=O) groups excluding carboxylic acids is 2. The molecule has 1 N–H and O–H groups in total. The lowest BCUT2D eigenvalue weighted by molar-refractivity contribution is -0.109. The molecule has 0 heterocycles. The third-order valence-corrected chi connectivity index (χ3v) is 3.29. The van der Waals surface area contributed by atoms with Crippen molar-refractivity contribution < 1.29 is 19.1 Å². The summed E-state index contributed by atoms with van der Waals surface area (Å²) in [5.74, 6) is 0.742. The Morgan fingerprint density at radius 2 is 1.78 bits per heavy atom. The summed E-state index contributed by atoms with van der Waals surface area (Å²) in [5, 5.41) is 2.55. The van der Waals surface area contributed by atoms with Gasteiger partial charge in [-0.2, -0.15) is 0 Å². The molecule has 5 nitrogen and oxygen atoms in total. The van der Waals surface area contributed by atoms with Crippen molar-refractivity contribution in [2.45, 2.75) is 19.1 Å². The van der Waals surface area contributed by atoms with E-state index in [0.29, 0.717) is 12.7 Å². The predicted octanol–water partition coefficient (Wildman–Crippen LogP) is 2.73. The van der Waals surface area contributed by atoms with Crippen molar-refractivity contribution >= 4 is 12.4 Å². The number of hydrogen-bond acceptors (Lipinski definition) is 4. The van der Waals surface area contributed by atoms with Gasteiger partial charge in [0.2, 0.25) is 0 Å². The number of alkyl carbamates (subject to hydrolysis) is 1. The van der Waals surface area contributed by atoms with Gasteiger partial charge in [-0.15, -0.1) is 0 Å². The third-order valence-electron chi connectivity index (χ3n) is 3.29. The van der Waals surface area contributed by atoms with E-state index in [9.17, 15) is 9.59 Å². The van der Waals surface area contributed by atoms with Crippen LogP contribution in [-0.2, 0) is 22.6 Å². The average Bonchev–Trinajstić information content (AvgIpc) is 2.61.